The summed E-state index contributed by atoms with van der Waals surface area (Å²) in [4.78, 5) is 9.48. The minimum atomic E-state index is 0.442. The van der Waals surface area contributed by atoms with Gasteiger partial charge in [0, 0.05) is 11.8 Å². The first kappa shape index (κ1) is 19.9. The number of rotatable bonds is 7. The molecule has 0 bridgehead atoms. The summed E-state index contributed by atoms with van der Waals surface area (Å²) in [5.41, 5.74) is 10.0. The van der Waals surface area contributed by atoms with E-state index in [9.17, 15) is 0 Å². The van der Waals surface area contributed by atoms with Crippen LogP contribution in [0, 0.1) is 0 Å². The molecule has 160 valence electrons. The zero-order valence-electron chi connectivity index (χ0n) is 17.9. The summed E-state index contributed by atoms with van der Waals surface area (Å²) in [6.45, 7) is 1.16. The maximum Gasteiger partial charge on any atom is 0.152 e. The second kappa shape index (κ2) is 8.59. The smallest absolute Gasteiger partial charge is 0.152 e. The molecule has 0 saturated carbocycles. The minimum Gasteiger partial charge on any atom is -0.497 e. The molecule has 0 aliphatic rings. The molecular formula is C26H24N4O2. The van der Waals surface area contributed by atoms with Crippen LogP contribution in [0.4, 0.5) is 5.82 Å². The number of ether oxygens (including phenoxy) is 2. The van der Waals surface area contributed by atoms with Gasteiger partial charge in [0.15, 0.2) is 5.82 Å². The summed E-state index contributed by atoms with van der Waals surface area (Å²) in [7, 11) is 1.67. The van der Waals surface area contributed by atoms with Gasteiger partial charge in [-0.1, -0.05) is 48.5 Å². The van der Waals surface area contributed by atoms with E-state index in [1.54, 1.807) is 7.11 Å². The predicted octanol–water partition coefficient (Wildman–Crippen LogP) is 4.85. The maximum absolute atomic E-state index is 6.32. The van der Waals surface area contributed by atoms with E-state index in [1.807, 2.05) is 60.7 Å². The predicted molar refractivity (Wildman–Crippen MR) is 127 cm³/mol. The molecule has 32 heavy (non-hydrogen) atoms. The number of fused-ring (bicyclic) bond motifs is 3. The molecule has 2 N–H and O–H groups in total. The number of hydrogen-bond acceptors (Lipinski definition) is 5. The molecule has 0 fully saturated rings. The second-order valence-corrected chi connectivity index (χ2v) is 7.58. The fraction of sp³-hybridized carbons (Fsp3) is 0.154. The van der Waals surface area contributed by atoms with Crippen LogP contribution in [0.5, 0.6) is 11.5 Å². The first-order valence-electron chi connectivity index (χ1n) is 10.6. The summed E-state index contributed by atoms with van der Waals surface area (Å²) in [5.74, 6) is 3.04. The third-order valence-corrected chi connectivity index (χ3v) is 5.54. The number of aromatic nitrogens is 3. The Morgan fingerprint density at radius 2 is 1.59 bits per heavy atom. The van der Waals surface area contributed by atoms with Crippen LogP contribution in [0.1, 0.15) is 11.4 Å². The van der Waals surface area contributed by atoms with Gasteiger partial charge < -0.3 is 19.8 Å². The lowest BCUT2D eigenvalue weighted by Gasteiger charge is -2.12. The Bertz CT molecular complexity index is 1360. The molecule has 0 atom stereocenters. The molecule has 0 aliphatic heterocycles. The number of pyridine rings is 1. The largest absolute Gasteiger partial charge is 0.497 e. The van der Waals surface area contributed by atoms with Gasteiger partial charge in [0.1, 0.15) is 29.4 Å². The maximum atomic E-state index is 6.32. The Morgan fingerprint density at radius 3 is 2.38 bits per heavy atom. The second-order valence-electron chi connectivity index (χ2n) is 7.58. The summed E-state index contributed by atoms with van der Waals surface area (Å²) >= 11 is 0. The van der Waals surface area contributed by atoms with Crippen LogP contribution >= 0.6 is 0 Å². The molecular weight excluding hydrogens is 400 g/mol. The number of benzene rings is 3. The van der Waals surface area contributed by atoms with Crippen molar-refractivity contribution in [3.8, 4) is 11.5 Å². The molecule has 2 heterocycles. The van der Waals surface area contributed by atoms with E-state index >= 15 is 0 Å². The molecule has 0 unspecified atom stereocenters. The third-order valence-electron chi connectivity index (χ3n) is 5.54. The van der Waals surface area contributed by atoms with E-state index in [4.69, 9.17) is 20.2 Å². The first-order valence-corrected chi connectivity index (χ1v) is 10.6. The minimum absolute atomic E-state index is 0.442. The molecule has 6 nitrogen and oxygen atoms in total. The Morgan fingerprint density at radius 1 is 0.844 bits per heavy atom. The fourth-order valence-corrected chi connectivity index (χ4v) is 3.98. The molecule has 0 saturated heterocycles. The molecule has 0 amide bonds. The zero-order chi connectivity index (χ0) is 21.9. The van der Waals surface area contributed by atoms with Crippen LogP contribution in [0.25, 0.3) is 21.9 Å². The zero-order valence-corrected chi connectivity index (χ0v) is 17.9. The van der Waals surface area contributed by atoms with Gasteiger partial charge in [-0.25, -0.2) is 9.97 Å². The van der Waals surface area contributed by atoms with Gasteiger partial charge in [-0.2, -0.15) is 0 Å². The van der Waals surface area contributed by atoms with Crippen molar-refractivity contribution in [2.24, 2.45) is 0 Å². The number of nitrogens with two attached hydrogens (primary N) is 1. The van der Waals surface area contributed by atoms with Crippen LogP contribution in [-0.2, 0) is 13.0 Å². The van der Waals surface area contributed by atoms with Crippen LogP contribution in [0.15, 0.2) is 78.9 Å². The highest BCUT2D eigenvalue weighted by atomic mass is 16.5. The summed E-state index contributed by atoms with van der Waals surface area (Å²) in [6.07, 6.45) is 0.664. The number of methoxy groups -OCH3 is 1. The molecule has 0 spiro atoms. The number of para-hydroxylation sites is 2. The first-order chi connectivity index (χ1) is 15.7. The van der Waals surface area contributed by atoms with Crippen LogP contribution in [0.2, 0.25) is 0 Å². The van der Waals surface area contributed by atoms with Crippen molar-refractivity contribution in [1.82, 2.24) is 14.5 Å². The van der Waals surface area contributed by atoms with Crippen molar-refractivity contribution >= 4 is 27.8 Å². The van der Waals surface area contributed by atoms with Gasteiger partial charge in [-0.3, -0.25) is 0 Å². The molecule has 0 aliphatic carbocycles. The van der Waals surface area contributed by atoms with Crippen LogP contribution < -0.4 is 15.2 Å². The average molecular weight is 425 g/mol. The van der Waals surface area contributed by atoms with Crippen LogP contribution in [-0.4, -0.2) is 28.3 Å². The van der Waals surface area contributed by atoms with Crippen molar-refractivity contribution in [1.29, 1.82) is 0 Å². The van der Waals surface area contributed by atoms with Crippen LogP contribution in [0.3, 0.4) is 0 Å². The topological polar surface area (TPSA) is 75.2 Å². The van der Waals surface area contributed by atoms with E-state index in [1.165, 1.54) is 0 Å². The molecule has 2 aromatic heterocycles. The quantitative estimate of drug-likeness (QED) is 0.404. The van der Waals surface area contributed by atoms with Gasteiger partial charge >= 0.3 is 0 Å². The number of imidazole rings is 1. The van der Waals surface area contributed by atoms with Crippen molar-refractivity contribution in [2.75, 3.05) is 19.5 Å². The molecule has 5 rings (SSSR count). The highest BCUT2D eigenvalue weighted by Gasteiger charge is 2.17. The molecule has 6 heteroatoms. The number of nitrogen functional groups attached to an aromatic ring is 1. The number of anilines is 1. The Hall–Kier alpha value is -4.06. The highest BCUT2D eigenvalue weighted by molar-refractivity contribution is 6.06. The third kappa shape index (κ3) is 3.83. The van der Waals surface area contributed by atoms with E-state index in [0.717, 1.165) is 44.8 Å². The van der Waals surface area contributed by atoms with E-state index < -0.39 is 0 Å². The number of nitrogens with zero attached hydrogens (tertiary/aromatic N) is 3. The standard InChI is InChI=1S/C26H24N4O2/c1-31-19-13-11-18(12-14-19)17-23-29-24-25(21-9-5-6-10-22(21)28-26(24)27)30(23)15-16-32-20-7-3-2-4-8-20/h2-14H,15-17H2,1H3,(H2,27,28). The Labute approximate surface area is 186 Å². The monoisotopic (exact) mass is 424 g/mol. The van der Waals surface area contributed by atoms with Gasteiger partial charge in [-0.15, -0.1) is 0 Å². The summed E-state index contributed by atoms with van der Waals surface area (Å²) in [5, 5.41) is 1.03. The highest BCUT2D eigenvalue weighted by Crippen LogP contribution is 2.29. The van der Waals surface area contributed by atoms with E-state index in [0.29, 0.717) is 25.4 Å². The van der Waals surface area contributed by atoms with E-state index in [-0.39, 0.29) is 0 Å². The Balaban J connectivity index is 1.56. The average Bonchev–Trinajstić information content (AvgIpc) is 3.19. The number of hydrogen-bond donors (Lipinski definition) is 1. The fourth-order valence-electron chi connectivity index (χ4n) is 3.98. The van der Waals surface area contributed by atoms with Crippen molar-refractivity contribution in [3.63, 3.8) is 0 Å². The lowest BCUT2D eigenvalue weighted by Crippen LogP contribution is -2.12. The summed E-state index contributed by atoms with van der Waals surface area (Å²) in [6, 6.07) is 25.9. The van der Waals surface area contributed by atoms with Gasteiger partial charge in [0.2, 0.25) is 0 Å². The van der Waals surface area contributed by atoms with Crippen molar-refractivity contribution in [3.05, 3.63) is 90.3 Å². The van der Waals surface area contributed by atoms with Gasteiger partial charge in [0.05, 0.1) is 24.7 Å². The summed E-state index contributed by atoms with van der Waals surface area (Å²) < 4.78 is 13.5. The SMILES string of the molecule is COc1ccc(Cc2nc3c(N)nc4ccccc4c3n2CCOc2ccccc2)cc1. The van der Waals surface area contributed by atoms with Gasteiger partial charge in [0.25, 0.3) is 0 Å². The van der Waals surface area contributed by atoms with Crippen molar-refractivity contribution in [2.45, 2.75) is 13.0 Å². The van der Waals surface area contributed by atoms with E-state index in [2.05, 4.69) is 27.8 Å². The normalized spacial score (nSPS) is 11.2. The lowest BCUT2D eigenvalue weighted by atomic mass is 10.1. The Kier molecular flexibility index (Phi) is 5.34. The van der Waals surface area contributed by atoms with Gasteiger partial charge in [-0.05, 0) is 35.9 Å². The lowest BCUT2D eigenvalue weighted by molar-refractivity contribution is 0.298. The molecule has 3 aromatic carbocycles. The molecule has 0 radical (unpaired) electrons. The van der Waals surface area contributed by atoms with Crippen molar-refractivity contribution < 1.29 is 9.47 Å². The molecule has 5 aromatic rings.